The van der Waals surface area contributed by atoms with Gasteiger partial charge in [0, 0.05) is 13.7 Å². The van der Waals surface area contributed by atoms with Gasteiger partial charge in [-0.15, -0.1) is 0 Å². The number of hydrogen-bond donors (Lipinski definition) is 2. The van der Waals surface area contributed by atoms with Crippen molar-refractivity contribution >= 4 is 6.03 Å². The molecule has 0 fully saturated rings. The zero-order chi connectivity index (χ0) is 14.6. The number of carbonyl (C=O) groups excluding carboxylic acids is 1. The minimum atomic E-state index is -0.240. The van der Waals surface area contributed by atoms with Gasteiger partial charge in [-0.05, 0) is 24.1 Å². The van der Waals surface area contributed by atoms with Crippen LogP contribution in [0, 0.1) is 0 Å². The summed E-state index contributed by atoms with van der Waals surface area (Å²) in [5, 5.41) is 5.36. The first-order valence-corrected chi connectivity index (χ1v) is 6.47. The van der Waals surface area contributed by atoms with Gasteiger partial charge in [-0.25, -0.2) is 4.79 Å². The van der Waals surface area contributed by atoms with Crippen molar-refractivity contribution in [1.82, 2.24) is 10.6 Å². The lowest BCUT2D eigenvalue weighted by atomic mass is 10.1. The Labute approximate surface area is 119 Å². The van der Waals surface area contributed by atoms with Crippen molar-refractivity contribution < 1.29 is 19.0 Å². The third kappa shape index (κ3) is 6.96. The van der Waals surface area contributed by atoms with Crippen LogP contribution in [0.1, 0.15) is 5.56 Å². The van der Waals surface area contributed by atoms with Crippen molar-refractivity contribution in [2.75, 3.05) is 40.7 Å². The minimum absolute atomic E-state index is 0.178. The van der Waals surface area contributed by atoms with Gasteiger partial charge in [-0.1, -0.05) is 12.1 Å². The Kier molecular flexibility index (Phi) is 8.17. The van der Waals surface area contributed by atoms with E-state index in [0.29, 0.717) is 19.8 Å². The van der Waals surface area contributed by atoms with Crippen molar-refractivity contribution in [2.24, 2.45) is 0 Å². The normalized spacial score (nSPS) is 10.1. The molecule has 0 saturated heterocycles. The summed E-state index contributed by atoms with van der Waals surface area (Å²) in [5.41, 5.74) is 1.14. The molecule has 2 amide bonds. The monoisotopic (exact) mass is 282 g/mol. The third-order valence-electron chi connectivity index (χ3n) is 2.62. The van der Waals surface area contributed by atoms with Gasteiger partial charge in [0.05, 0.1) is 20.3 Å². The summed E-state index contributed by atoms with van der Waals surface area (Å²) < 4.78 is 15.0. The number of carbonyl (C=O) groups is 1. The smallest absolute Gasteiger partial charge is 0.316 e. The Morgan fingerprint density at radius 3 is 2.50 bits per heavy atom. The Balaban J connectivity index is 2.08. The fourth-order valence-electron chi connectivity index (χ4n) is 1.51. The van der Waals surface area contributed by atoms with E-state index >= 15 is 0 Å². The number of amides is 2. The van der Waals surface area contributed by atoms with Gasteiger partial charge >= 0.3 is 6.03 Å². The van der Waals surface area contributed by atoms with Crippen LogP contribution in [0.5, 0.6) is 5.75 Å². The number of urea groups is 1. The van der Waals surface area contributed by atoms with Crippen LogP contribution >= 0.6 is 0 Å². The van der Waals surface area contributed by atoms with E-state index in [4.69, 9.17) is 14.2 Å². The van der Waals surface area contributed by atoms with E-state index in [1.165, 1.54) is 0 Å². The fourth-order valence-corrected chi connectivity index (χ4v) is 1.51. The molecule has 6 heteroatoms. The molecular formula is C14H22N2O4. The summed E-state index contributed by atoms with van der Waals surface area (Å²) in [4.78, 5) is 11.4. The molecule has 0 aliphatic heterocycles. The second-order valence-electron chi connectivity index (χ2n) is 4.08. The first-order chi connectivity index (χ1) is 9.76. The van der Waals surface area contributed by atoms with Crippen LogP contribution in [0.4, 0.5) is 4.79 Å². The molecule has 2 N–H and O–H groups in total. The number of benzene rings is 1. The topological polar surface area (TPSA) is 68.8 Å². The Bertz CT molecular complexity index is 381. The van der Waals surface area contributed by atoms with Gasteiger partial charge in [-0.3, -0.25) is 0 Å². The highest BCUT2D eigenvalue weighted by molar-refractivity contribution is 5.73. The highest BCUT2D eigenvalue weighted by atomic mass is 16.5. The highest BCUT2D eigenvalue weighted by Gasteiger charge is 1.99. The molecule has 1 aromatic carbocycles. The maximum Gasteiger partial charge on any atom is 0.316 e. The first-order valence-electron chi connectivity index (χ1n) is 6.47. The van der Waals surface area contributed by atoms with Gasteiger partial charge in [0.1, 0.15) is 12.5 Å². The van der Waals surface area contributed by atoms with Crippen LogP contribution in [0.25, 0.3) is 0 Å². The van der Waals surface area contributed by atoms with Crippen LogP contribution in [0.15, 0.2) is 24.3 Å². The average molecular weight is 282 g/mol. The van der Waals surface area contributed by atoms with Crippen molar-refractivity contribution in [1.29, 1.82) is 0 Å². The third-order valence-corrected chi connectivity index (χ3v) is 2.62. The molecule has 0 bridgehead atoms. The van der Waals surface area contributed by atoms with Crippen LogP contribution in [-0.4, -0.2) is 46.7 Å². The van der Waals surface area contributed by atoms with Gasteiger partial charge in [0.15, 0.2) is 0 Å². The zero-order valence-electron chi connectivity index (χ0n) is 12.0. The molecule has 20 heavy (non-hydrogen) atoms. The van der Waals surface area contributed by atoms with Crippen molar-refractivity contribution in [2.45, 2.75) is 6.42 Å². The summed E-state index contributed by atoms with van der Waals surface area (Å²) >= 11 is 0. The molecule has 6 nitrogen and oxygen atoms in total. The number of ether oxygens (including phenoxy) is 3. The van der Waals surface area contributed by atoms with Gasteiger partial charge < -0.3 is 24.8 Å². The molecule has 0 atom stereocenters. The summed E-state index contributed by atoms with van der Waals surface area (Å²) in [5.74, 6) is 0.827. The van der Waals surface area contributed by atoms with Gasteiger partial charge in [0.2, 0.25) is 0 Å². The quantitative estimate of drug-likeness (QED) is 0.527. The molecule has 0 spiro atoms. The lowest BCUT2D eigenvalue weighted by Crippen LogP contribution is -2.38. The van der Waals surface area contributed by atoms with Crippen LogP contribution < -0.4 is 15.4 Å². The second-order valence-corrected chi connectivity index (χ2v) is 4.08. The van der Waals surface area contributed by atoms with E-state index in [2.05, 4.69) is 10.6 Å². The molecular weight excluding hydrogens is 260 g/mol. The second kappa shape index (κ2) is 10.1. The van der Waals surface area contributed by atoms with E-state index in [0.717, 1.165) is 17.7 Å². The van der Waals surface area contributed by atoms with Crippen molar-refractivity contribution in [3.8, 4) is 5.75 Å². The molecule has 0 unspecified atom stereocenters. The predicted octanol–water partition coefficient (Wildman–Crippen LogP) is 1.16. The van der Waals surface area contributed by atoms with Crippen molar-refractivity contribution in [3.63, 3.8) is 0 Å². The fraction of sp³-hybridized carbons (Fsp3) is 0.500. The van der Waals surface area contributed by atoms with Crippen LogP contribution in [0.3, 0.4) is 0 Å². The largest absolute Gasteiger partial charge is 0.497 e. The lowest BCUT2D eigenvalue weighted by molar-refractivity contribution is 0.0643. The molecule has 0 saturated carbocycles. The molecule has 0 aliphatic carbocycles. The Morgan fingerprint density at radius 1 is 1.10 bits per heavy atom. The first kappa shape index (κ1) is 16.3. The zero-order valence-corrected chi connectivity index (χ0v) is 12.0. The number of rotatable bonds is 9. The molecule has 1 rings (SSSR count). The Morgan fingerprint density at radius 2 is 1.85 bits per heavy atom. The van der Waals surface area contributed by atoms with E-state index in [-0.39, 0.29) is 12.8 Å². The average Bonchev–Trinajstić information content (AvgIpc) is 2.48. The summed E-state index contributed by atoms with van der Waals surface area (Å²) in [6.07, 6.45) is 0.766. The summed E-state index contributed by atoms with van der Waals surface area (Å²) in [6, 6.07) is 7.52. The molecule has 1 aromatic rings. The Hall–Kier alpha value is -1.79. The van der Waals surface area contributed by atoms with Gasteiger partial charge in [0.25, 0.3) is 0 Å². The molecule has 0 aromatic heterocycles. The van der Waals surface area contributed by atoms with E-state index in [9.17, 15) is 4.79 Å². The number of hydrogen-bond acceptors (Lipinski definition) is 4. The maximum atomic E-state index is 11.4. The highest BCUT2D eigenvalue weighted by Crippen LogP contribution is 2.11. The van der Waals surface area contributed by atoms with Crippen molar-refractivity contribution in [3.05, 3.63) is 29.8 Å². The maximum absolute atomic E-state index is 11.4. The molecule has 0 aliphatic rings. The summed E-state index contributed by atoms with van der Waals surface area (Å²) in [6.45, 7) is 1.72. The van der Waals surface area contributed by atoms with Crippen LogP contribution in [-0.2, 0) is 15.9 Å². The number of nitrogens with one attached hydrogen (secondary N) is 2. The van der Waals surface area contributed by atoms with E-state index in [1.807, 2.05) is 24.3 Å². The minimum Gasteiger partial charge on any atom is -0.497 e. The molecule has 0 radical (unpaired) electrons. The van der Waals surface area contributed by atoms with E-state index in [1.54, 1.807) is 14.2 Å². The van der Waals surface area contributed by atoms with E-state index < -0.39 is 0 Å². The summed E-state index contributed by atoms with van der Waals surface area (Å²) in [7, 11) is 3.23. The molecule has 112 valence electrons. The van der Waals surface area contributed by atoms with Crippen LogP contribution in [0.2, 0.25) is 0 Å². The SMILES string of the molecule is COCCOCNC(=O)NCCc1ccc(OC)cc1. The number of methoxy groups -OCH3 is 2. The predicted molar refractivity (Wildman–Crippen MR) is 75.9 cm³/mol. The van der Waals surface area contributed by atoms with Gasteiger partial charge in [-0.2, -0.15) is 0 Å². The molecule has 0 heterocycles. The standard InChI is InChI=1S/C14H22N2O4/c1-18-9-10-20-11-16-14(17)15-8-7-12-3-5-13(19-2)6-4-12/h3-6H,7-11H2,1-2H3,(H2,15,16,17). The lowest BCUT2D eigenvalue weighted by Gasteiger charge is -2.08.